The molecule has 2 rings (SSSR count). The number of sulfone groups is 1. The third-order valence-corrected chi connectivity index (χ3v) is 8.39. The molecule has 0 aliphatic rings. The number of aromatic amines is 1. The Hall–Kier alpha value is -2.89. The minimum absolute atomic E-state index is 0.0204. The first-order chi connectivity index (χ1) is 18.0. The summed E-state index contributed by atoms with van der Waals surface area (Å²) in [5.41, 5.74) is -7.17. The molecule has 218 valence electrons. The van der Waals surface area contributed by atoms with Gasteiger partial charge in [0, 0.05) is 12.7 Å². The molecule has 1 aromatic carbocycles. The number of hydrogen-bond acceptors (Lipinski definition) is 6. The number of nitrogens with one attached hydrogen (secondary N) is 1. The topological polar surface area (TPSA) is 115 Å². The highest BCUT2D eigenvalue weighted by Gasteiger charge is 2.46. The van der Waals surface area contributed by atoms with E-state index in [1.165, 1.54) is 10.8 Å². The Kier molecular flexibility index (Phi) is 10.8. The number of hydrogen-bond donors (Lipinski definition) is 1. The van der Waals surface area contributed by atoms with E-state index in [4.69, 9.17) is 4.74 Å². The molecule has 2 aromatic rings. The largest absolute Gasteiger partial charge is 0.501 e. The number of rotatable bonds is 13. The van der Waals surface area contributed by atoms with Gasteiger partial charge in [-0.1, -0.05) is 46.2 Å². The van der Waals surface area contributed by atoms with Crippen molar-refractivity contribution >= 4 is 15.8 Å². The second-order valence-corrected chi connectivity index (χ2v) is 12.6. The van der Waals surface area contributed by atoms with Crippen molar-refractivity contribution in [3.05, 3.63) is 51.3 Å². The Balaban J connectivity index is 1.95. The molecule has 12 heteroatoms. The van der Waals surface area contributed by atoms with Crippen LogP contribution in [0.2, 0.25) is 0 Å². The van der Waals surface area contributed by atoms with E-state index in [0.29, 0.717) is 25.4 Å². The molecule has 0 bridgehead atoms. The third-order valence-electron chi connectivity index (χ3n) is 6.89. The van der Waals surface area contributed by atoms with Gasteiger partial charge in [0.2, 0.25) is 0 Å². The summed E-state index contributed by atoms with van der Waals surface area (Å²) in [6.45, 7) is 10.7. The van der Waals surface area contributed by atoms with Crippen LogP contribution in [0.4, 0.5) is 13.2 Å². The number of esters is 1. The number of unbranched alkanes of at least 4 members (excludes halogenated alkanes) is 3. The summed E-state index contributed by atoms with van der Waals surface area (Å²) in [4.78, 5) is 38.4. The lowest BCUT2D eigenvalue weighted by atomic mass is 9.73. The third kappa shape index (κ3) is 8.06. The van der Waals surface area contributed by atoms with Crippen LogP contribution >= 0.6 is 0 Å². The molecular weight excluding hydrogens is 537 g/mol. The van der Waals surface area contributed by atoms with Crippen molar-refractivity contribution in [2.45, 2.75) is 83.7 Å². The van der Waals surface area contributed by atoms with Crippen molar-refractivity contribution in [3.8, 4) is 11.1 Å². The van der Waals surface area contributed by atoms with Gasteiger partial charge in [-0.25, -0.2) is 13.2 Å². The first-order valence-electron chi connectivity index (χ1n) is 12.9. The van der Waals surface area contributed by atoms with Crippen molar-refractivity contribution in [1.29, 1.82) is 0 Å². The van der Waals surface area contributed by atoms with E-state index in [1.54, 1.807) is 0 Å². The van der Waals surface area contributed by atoms with Crippen molar-refractivity contribution < 1.29 is 31.1 Å². The van der Waals surface area contributed by atoms with Gasteiger partial charge < -0.3 is 4.74 Å². The van der Waals surface area contributed by atoms with E-state index in [1.807, 2.05) is 20.8 Å². The average Bonchev–Trinajstić information content (AvgIpc) is 2.83. The van der Waals surface area contributed by atoms with Crippen LogP contribution in [0.5, 0.6) is 0 Å². The fraction of sp³-hybridized carbons (Fsp3) is 0.593. The summed E-state index contributed by atoms with van der Waals surface area (Å²) in [7, 11) is -5.51. The Bertz CT molecular complexity index is 1350. The number of ether oxygens (including phenoxy) is 1. The van der Waals surface area contributed by atoms with Gasteiger partial charge in [-0.2, -0.15) is 13.2 Å². The molecule has 0 radical (unpaired) electrons. The van der Waals surface area contributed by atoms with Crippen LogP contribution in [0.25, 0.3) is 11.1 Å². The van der Waals surface area contributed by atoms with Crippen molar-refractivity contribution in [1.82, 2.24) is 9.55 Å². The summed E-state index contributed by atoms with van der Waals surface area (Å²) < 4.78 is 68.3. The van der Waals surface area contributed by atoms with E-state index in [0.717, 1.165) is 43.5 Å². The molecule has 0 saturated carbocycles. The fourth-order valence-electron chi connectivity index (χ4n) is 4.30. The van der Waals surface area contributed by atoms with Crippen LogP contribution in [-0.4, -0.2) is 36.1 Å². The summed E-state index contributed by atoms with van der Waals surface area (Å²) >= 11 is 0. The number of aromatic nitrogens is 2. The van der Waals surface area contributed by atoms with E-state index >= 15 is 0 Å². The van der Waals surface area contributed by atoms with Gasteiger partial charge in [0.1, 0.15) is 0 Å². The number of nitrogens with zero attached hydrogens (tertiary/aromatic N) is 1. The van der Waals surface area contributed by atoms with Crippen LogP contribution in [0, 0.1) is 17.3 Å². The maximum absolute atomic E-state index is 12.8. The molecule has 1 N–H and O–H groups in total. The Morgan fingerprint density at radius 2 is 1.59 bits per heavy atom. The zero-order chi connectivity index (χ0) is 29.6. The summed E-state index contributed by atoms with van der Waals surface area (Å²) in [6, 6.07) is 3.72. The minimum Gasteiger partial charge on any atom is -0.465 e. The number of carbonyl (C=O) groups excluding carboxylic acids is 1. The second kappa shape index (κ2) is 13.0. The van der Waals surface area contributed by atoms with E-state index in [2.05, 4.69) is 18.8 Å². The summed E-state index contributed by atoms with van der Waals surface area (Å²) in [5.74, 6) is 0.327. The van der Waals surface area contributed by atoms with Crippen LogP contribution in [0.15, 0.2) is 44.9 Å². The van der Waals surface area contributed by atoms with Crippen molar-refractivity contribution in [2.24, 2.45) is 17.3 Å². The molecule has 8 nitrogen and oxygen atoms in total. The molecule has 0 spiro atoms. The number of carbonyl (C=O) groups is 1. The zero-order valence-electron chi connectivity index (χ0n) is 22.9. The molecule has 0 saturated heterocycles. The van der Waals surface area contributed by atoms with E-state index in [-0.39, 0.29) is 29.6 Å². The van der Waals surface area contributed by atoms with Gasteiger partial charge in [-0.05, 0) is 62.1 Å². The zero-order valence-corrected chi connectivity index (χ0v) is 23.7. The standard InChI is InChI=1S/C27H37F3N2O6S/c1-18(2)16-26(5,19(3)4)24(34)38-15-9-7-6-8-14-32-17-22(23(33)31-25(32)35)20-10-12-21(13-11-20)39(36,37)27(28,29)30/h10-13,17-19H,6-9,14-16H2,1-5H3,(H,31,33,35). The number of halogens is 3. The minimum atomic E-state index is -5.51. The van der Waals surface area contributed by atoms with Gasteiger partial charge in [-0.15, -0.1) is 0 Å². The summed E-state index contributed by atoms with van der Waals surface area (Å²) in [6.07, 6.45) is 4.81. The van der Waals surface area contributed by atoms with Crippen molar-refractivity contribution in [2.75, 3.05) is 6.61 Å². The molecule has 0 fully saturated rings. The summed E-state index contributed by atoms with van der Waals surface area (Å²) in [5, 5.41) is 0. The highest BCUT2D eigenvalue weighted by Crippen LogP contribution is 2.35. The Morgan fingerprint density at radius 3 is 2.13 bits per heavy atom. The quantitative estimate of drug-likeness (QED) is 0.256. The van der Waals surface area contributed by atoms with E-state index in [9.17, 15) is 36.0 Å². The second-order valence-electron chi connectivity index (χ2n) is 10.7. The van der Waals surface area contributed by atoms with Crippen LogP contribution in [0.1, 0.15) is 66.7 Å². The molecule has 1 atom stereocenters. The van der Waals surface area contributed by atoms with Gasteiger partial charge in [-0.3, -0.25) is 19.1 Å². The Labute approximate surface area is 226 Å². The maximum Gasteiger partial charge on any atom is 0.501 e. The van der Waals surface area contributed by atoms with Gasteiger partial charge in [0.05, 0.1) is 22.5 Å². The highest BCUT2D eigenvalue weighted by molar-refractivity contribution is 7.92. The first-order valence-corrected chi connectivity index (χ1v) is 14.4. The molecule has 1 unspecified atom stereocenters. The van der Waals surface area contributed by atoms with Gasteiger partial charge >= 0.3 is 17.2 Å². The van der Waals surface area contributed by atoms with E-state index < -0.39 is 36.9 Å². The van der Waals surface area contributed by atoms with Crippen LogP contribution < -0.4 is 11.2 Å². The lowest BCUT2D eigenvalue weighted by Crippen LogP contribution is -2.36. The predicted molar refractivity (Wildman–Crippen MR) is 142 cm³/mol. The van der Waals surface area contributed by atoms with Gasteiger partial charge in [0.15, 0.2) is 0 Å². The smallest absolute Gasteiger partial charge is 0.465 e. The number of benzene rings is 1. The predicted octanol–water partition coefficient (Wildman–Crippen LogP) is 5.31. The maximum atomic E-state index is 12.8. The molecule has 1 heterocycles. The van der Waals surface area contributed by atoms with Crippen LogP contribution in [-0.2, 0) is 25.9 Å². The normalized spacial score (nSPS) is 14.0. The lowest BCUT2D eigenvalue weighted by molar-refractivity contribution is -0.159. The molecule has 1 aromatic heterocycles. The SMILES string of the molecule is CC(C)CC(C)(C(=O)OCCCCCCn1cc(-c2ccc(S(=O)(=O)C(F)(F)F)cc2)c(=O)[nH]c1=O)C(C)C. The number of alkyl halides is 3. The molecule has 0 aliphatic heterocycles. The van der Waals surface area contributed by atoms with Crippen LogP contribution in [0.3, 0.4) is 0 Å². The lowest BCUT2D eigenvalue weighted by Gasteiger charge is -2.32. The monoisotopic (exact) mass is 574 g/mol. The number of aryl methyl sites for hydroxylation is 1. The number of H-pyrrole nitrogens is 1. The highest BCUT2D eigenvalue weighted by atomic mass is 32.2. The Morgan fingerprint density at radius 1 is 1.00 bits per heavy atom. The average molecular weight is 575 g/mol. The first kappa shape index (κ1) is 32.3. The molecule has 0 aliphatic carbocycles. The molecule has 39 heavy (non-hydrogen) atoms. The van der Waals surface area contributed by atoms with Crippen molar-refractivity contribution in [3.63, 3.8) is 0 Å². The fourth-order valence-corrected chi connectivity index (χ4v) is 5.06. The van der Waals surface area contributed by atoms with Gasteiger partial charge in [0.25, 0.3) is 15.4 Å². The molecular formula is C27H37F3N2O6S. The molecule has 0 amide bonds.